The summed E-state index contributed by atoms with van der Waals surface area (Å²) in [5.41, 5.74) is -1.20. The van der Waals surface area contributed by atoms with Crippen LogP contribution < -0.4 is 0 Å². The molecule has 0 aliphatic carbocycles. The molecule has 1 saturated heterocycles. The van der Waals surface area contributed by atoms with Crippen molar-refractivity contribution in [3.05, 3.63) is 11.9 Å². The minimum absolute atomic E-state index is 0.0823. The van der Waals surface area contributed by atoms with E-state index >= 15 is 0 Å². The van der Waals surface area contributed by atoms with Crippen LogP contribution in [0.4, 0.5) is 4.39 Å². The van der Waals surface area contributed by atoms with Gasteiger partial charge in [0.05, 0.1) is 24.7 Å². The Bertz CT molecular complexity index is 490. The molecule has 1 aliphatic heterocycles. The van der Waals surface area contributed by atoms with Gasteiger partial charge in [0.1, 0.15) is 5.60 Å². The lowest BCUT2D eigenvalue weighted by Crippen LogP contribution is -2.40. The van der Waals surface area contributed by atoms with Gasteiger partial charge in [-0.2, -0.15) is 4.39 Å². The van der Waals surface area contributed by atoms with E-state index in [1.54, 1.807) is 6.92 Å². The summed E-state index contributed by atoms with van der Waals surface area (Å²) in [5.74, 6) is -2.66. The zero-order valence-corrected chi connectivity index (χ0v) is 15.5. The minimum Gasteiger partial charge on any atom is -0.461 e. The number of ether oxygens (including phenoxy) is 3. The van der Waals surface area contributed by atoms with Crippen molar-refractivity contribution in [2.45, 2.75) is 65.6 Å². The third-order valence-electron chi connectivity index (χ3n) is 3.88. The molecule has 0 aromatic carbocycles. The van der Waals surface area contributed by atoms with Crippen molar-refractivity contribution in [1.29, 1.82) is 0 Å². The van der Waals surface area contributed by atoms with Crippen LogP contribution >= 0.6 is 0 Å². The van der Waals surface area contributed by atoms with Gasteiger partial charge in [0.15, 0.2) is 0 Å². The fraction of sp³-hybridized carbons (Fsp3) is 0.778. The van der Waals surface area contributed by atoms with Crippen LogP contribution in [0.5, 0.6) is 0 Å². The van der Waals surface area contributed by atoms with E-state index in [9.17, 15) is 14.0 Å². The van der Waals surface area contributed by atoms with Crippen molar-refractivity contribution >= 4 is 11.9 Å². The van der Waals surface area contributed by atoms with Crippen molar-refractivity contribution in [2.75, 3.05) is 13.2 Å². The smallest absolute Gasteiger partial charge is 0.366 e. The molecule has 1 fully saturated rings. The summed E-state index contributed by atoms with van der Waals surface area (Å²) in [6.07, 6.45) is 2.06. The van der Waals surface area contributed by atoms with Crippen LogP contribution in [-0.2, 0) is 23.8 Å². The summed E-state index contributed by atoms with van der Waals surface area (Å²) >= 11 is 0. The average Bonchev–Trinajstić information content (AvgIpc) is 2.72. The predicted molar refractivity (Wildman–Crippen MR) is 87.9 cm³/mol. The summed E-state index contributed by atoms with van der Waals surface area (Å²) in [6.45, 7) is 11.3. The molecule has 1 rings (SSSR count). The molecule has 0 bridgehead atoms. The Balaban J connectivity index is 2.71. The molecule has 0 N–H and O–H groups in total. The van der Waals surface area contributed by atoms with Gasteiger partial charge in [-0.3, -0.25) is 4.79 Å². The maximum absolute atomic E-state index is 13.6. The van der Waals surface area contributed by atoms with E-state index in [1.165, 1.54) is 6.08 Å². The SMILES string of the molecule is CCOC(=O)C(F)=CCC[C@H]1COC(C)(C)C1C(=O)OC(C)(C)C. The maximum Gasteiger partial charge on any atom is 0.366 e. The normalized spacial score (nSPS) is 23.9. The lowest BCUT2D eigenvalue weighted by molar-refractivity contribution is -0.166. The van der Waals surface area contributed by atoms with Crippen molar-refractivity contribution in [3.8, 4) is 0 Å². The Hall–Kier alpha value is -1.43. The number of esters is 2. The molecule has 6 heteroatoms. The van der Waals surface area contributed by atoms with Crippen molar-refractivity contribution < 1.29 is 28.2 Å². The number of rotatable bonds is 6. The van der Waals surface area contributed by atoms with E-state index in [2.05, 4.69) is 4.74 Å². The van der Waals surface area contributed by atoms with E-state index in [0.29, 0.717) is 19.4 Å². The first-order valence-electron chi connectivity index (χ1n) is 8.37. The zero-order chi connectivity index (χ0) is 18.5. The molecule has 24 heavy (non-hydrogen) atoms. The lowest BCUT2D eigenvalue weighted by atomic mass is 9.81. The fourth-order valence-corrected chi connectivity index (χ4v) is 2.87. The standard InChI is InChI=1S/C18H29FO5/c1-7-22-15(20)13(19)10-8-9-12-11-23-18(5,6)14(12)16(21)24-17(2,3)4/h10,12,14H,7-9,11H2,1-6H3/t12-,14?/m0/s1. The zero-order valence-electron chi connectivity index (χ0n) is 15.5. The number of allylic oxidation sites excluding steroid dienone is 1. The highest BCUT2D eigenvalue weighted by atomic mass is 19.1. The van der Waals surface area contributed by atoms with Gasteiger partial charge in [0.25, 0.3) is 0 Å². The lowest BCUT2D eigenvalue weighted by Gasteiger charge is -2.30. The monoisotopic (exact) mass is 344 g/mol. The van der Waals surface area contributed by atoms with Gasteiger partial charge in [-0.1, -0.05) is 0 Å². The van der Waals surface area contributed by atoms with Crippen LogP contribution in [0, 0.1) is 11.8 Å². The molecular formula is C18H29FO5. The molecule has 0 aromatic heterocycles. The van der Waals surface area contributed by atoms with Gasteiger partial charge in [0.2, 0.25) is 5.83 Å². The fourth-order valence-electron chi connectivity index (χ4n) is 2.87. The van der Waals surface area contributed by atoms with E-state index < -0.39 is 28.9 Å². The van der Waals surface area contributed by atoms with Gasteiger partial charge >= 0.3 is 11.9 Å². The van der Waals surface area contributed by atoms with Crippen LogP contribution in [0.2, 0.25) is 0 Å². The van der Waals surface area contributed by atoms with Crippen LogP contribution in [0.15, 0.2) is 11.9 Å². The number of hydrogen-bond acceptors (Lipinski definition) is 5. The first-order valence-corrected chi connectivity index (χ1v) is 8.37. The van der Waals surface area contributed by atoms with E-state index in [0.717, 1.165) is 0 Å². The van der Waals surface area contributed by atoms with Gasteiger partial charge in [-0.25, -0.2) is 4.79 Å². The molecule has 1 unspecified atom stereocenters. The van der Waals surface area contributed by atoms with Crippen LogP contribution in [0.25, 0.3) is 0 Å². The van der Waals surface area contributed by atoms with Gasteiger partial charge in [-0.05, 0) is 66.4 Å². The van der Waals surface area contributed by atoms with Crippen molar-refractivity contribution in [1.82, 2.24) is 0 Å². The van der Waals surface area contributed by atoms with Crippen LogP contribution in [0.3, 0.4) is 0 Å². The van der Waals surface area contributed by atoms with E-state index in [1.807, 2.05) is 34.6 Å². The van der Waals surface area contributed by atoms with Gasteiger partial charge in [0, 0.05) is 0 Å². The average molecular weight is 344 g/mol. The van der Waals surface area contributed by atoms with Crippen LogP contribution in [-0.4, -0.2) is 36.4 Å². The molecule has 5 nitrogen and oxygen atoms in total. The molecule has 0 radical (unpaired) electrons. The molecule has 0 spiro atoms. The van der Waals surface area contributed by atoms with E-state index in [-0.39, 0.29) is 18.5 Å². The summed E-state index contributed by atoms with van der Waals surface area (Å²) in [5, 5.41) is 0. The summed E-state index contributed by atoms with van der Waals surface area (Å²) in [7, 11) is 0. The predicted octanol–water partition coefficient (Wildman–Crippen LogP) is 3.57. The third-order valence-corrected chi connectivity index (χ3v) is 3.88. The first-order chi connectivity index (χ1) is 11.0. The van der Waals surface area contributed by atoms with E-state index in [4.69, 9.17) is 9.47 Å². The summed E-state index contributed by atoms with van der Waals surface area (Å²) in [4.78, 5) is 23.7. The number of carbonyl (C=O) groups is 2. The highest BCUT2D eigenvalue weighted by molar-refractivity contribution is 5.85. The Kier molecular flexibility index (Phi) is 6.96. The molecule has 1 heterocycles. The molecule has 0 amide bonds. The second-order valence-electron chi connectivity index (χ2n) is 7.54. The molecule has 0 saturated carbocycles. The van der Waals surface area contributed by atoms with Gasteiger partial charge in [-0.15, -0.1) is 0 Å². The quantitative estimate of drug-likeness (QED) is 0.544. The van der Waals surface area contributed by atoms with Crippen molar-refractivity contribution in [3.63, 3.8) is 0 Å². The summed E-state index contributed by atoms with van der Waals surface area (Å²) in [6, 6.07) is 0. The second-order valence-corrected chi connectivity index (χ2v) is 7.54. The second kappa shape index (κ2) is 8.10. The Labute approximate surface area is 143 Å². The number of hydrogen-bond donors (Lipinski definition) is 0. The Morgan fingerprint density at radius 2 is 1.96 bits per heavy atom. The van der Waals surface area contributed by atoms with Gasteiger partial charge < -0.3 is 14.2 Å². The third kappa shape index (κ3) is 5.89. The van der Waals surface area contributed by atoms with Crippen molar-refractivity contribution in [2.24, 2.45) is 11.8 Å². The number of carbonyl (C=O) groups excluding carboxylic acids is 2. The molecule has 138 valence electrons. The molecule has 2 atom stereocenters. The summed E-state index contributed by atoms with van der Waals surface area (Å²) < 4.78 is 29.4. The minimum atomic E-state index is -0.954. The Morgan fingerprint density at radius 3 is 2.50 bits per heavy atom. The maximum atomic E-state index is 13.6. The molecule has 1 aliphatic rings. The highest BCUT2D eigenvalue weighted by Crippen LogP contribution is 2.40. The number of halogens is 1. The highest BCUT2D eigenvalue weighted by Gasteiger charge is 2.48. The molecule has 0 aromatic rings. The Morgan fingerprint density at radius 1 is 1.33 bits per heavy atom. The topological polar surface area (TPSA) is 61.8 Å². The largest absolute Gasteiger partial charge is 0.461 e. The van der Waals surface area contributed by atoms with Crippen LogP contribution in [0.1, 0.15) is 54.4 Å². The first kappa shape index (κ1) is 20.6. The molecular weight excluding hydrogens is 315 g/mol.